The van der Waals surface area contributed by atoms with E-state index < -0.39 is 0 Å². The van der Waals surface area contributed by atoms with Gasteiger partial charge in [-0.3, -0.25) is 4.79 Å². The quantitative estimate of drug-likeness (QED) is 0.722. The first-order chi connectivity index (χ1) is 9.10. The van der Waals surface area contributed by atoms with Gasteiger partial charge in [0, 0.05) is 5.56 Å². The van der Waals surface area contributed by atoms with Crippen LogP contribution in [0.2, 0.25) is 0 Å². The molecule has 0 saturated heterocycles. The molecule has 2 rings (SSSR count). The average molecular weight is 252 g/mol. The Morgan fingerprint density at radius 3 is 2.32 bits per heavy atom. The molecule has 0 heterocycles. The van der Waals surface area contributed by atoms with E-state index in [1.54, 1.807) is 0 Å². The predicted octanol–water partition coefficient (Wildman–Crippen LogP) is 4.67. The SMILES string of the molecule is Cc1ccc(C=O)cc1-c1ccc(CC(C)C)cc1. The number of aldehydes is 1. The molecule has 0 N–H and O–H groups in total. The second-order valence-corrected chi connectivity index (χ2v) is 5.49. The number of hydrogen-bond acceptors (Lipinski definition) is 1. The van der Waals surface area contributed by atoms with Crippen molar-refractivity contribution < 1.29 is 4.79 Å². The fourth-order valence-corrected chi connectivity index (χ4v) is 2.32. The van der Waals surface area contributed by atoms with Gasteiger partial charge in [-0.05, 0) is 47.6 Å². The van der Waals surface area contributed by atoms with E-state index in [9.17, 15) is 4.79 Å². The van der Waals surface area contributed by atoms with Crippen LogP contribution in [0.4, 0.5) is 0 Å². The summed E-state index contributed by atoms with van der Waals surface area (Å²) in [6, 6.07) is 14.5. The zero-order valence-electron chi connectivity index (χ0n) is 11.8. The van der Waals surface area contributed by atoms with E-state index in [-0.39, 0.29) is 0 Å². The predicted molar refractivity (Wildman–Crippen MR) is 80.5 cm³/mol. The molecule has 0 unspecified atom stereocenters. The van der Waals surface area contributed by atoms with Gasteiger partial charge in [-0.15, -0.1) is 0 Å². The van der Waals surface area contributed by atoms with E-state index in [0.717, 1.165) is 23.8 Å². The molecule has 1 heteroatoms. The molecule has 0 fully saturated rings. The summed E-state index contributed by atoms with van der Waals surface area (Å²) in [6.07, 6.45) is 2.00. The van der Waals surface area contributed by atoms with Gasteiger partial charge in [-0.1, -0.05) is 50.2 Å². The highest BCUT2D eigenvalue weighted by Gasteiger charge is 2.04. The van der Waals surface area contributed by atoms with E-state index in [4.69, 9.17) is 0 Å². The summed E-state index contributed by atoms with van der Waals surface area (Å²) in [5.41, 5.74) is 5.60. The van der Waals surface area contributed by atoms with Crippen molar-refractivity contribution in [2.24, 2.45) is 5.92 Å². The molecular formula is C18H20O. The van der Waals surface area contributed by atoms with Crippen LogP contribution in [0, 0.1) is 12.8 Å². The van der Waals surface area contributed by atoms with Crippen LogP contribution in [0.3, 0.4) is 0 Å². The van der Waals surface area contributed by atoms with E-state index in [1.165, 1.54) is 16.7 Å². The molecule has 0 atom stereocenters. The summed E-state index contributed by atoms with van der Waals surface area (Å²) in [5, 5.41) is 0. The summed E-state index contributed by atoms with van der Waals surface area (Å²) in [4.78, 5) is 10.9. The Kier molecular flexibility index (Phi) is 4.16. The third kappa shape index (κ3) is 3.31. The number of hydrogen-bond donors (Lipinski definition) is 0. The van der Waals surface area contributed by atoms with Crippen molar-refractivity contribution in [3.63, 3.8) is 0 Å². The minimum absolute atomic E-state index is 0.672. The Labute approximate surface area is 115 Å². The third-order valence-corrected chi connectivity index (χ3v) is 3.31. The molecule has 0 aliphatic carbocycles. The van der Waals surface area contributed by atoms with Gasteiger partial charge in [0.15, 0.2) is 0 Å². The standard InChI is InChI=1S/C18H20O/c1-13(2)10-15-6-8-17(9-7-15)18-11-16(12-19)5-4-14(18)3/h4-9,11-13H,10H2,1-3H3. The highest BCUT2D eigenvalue weighted by atomic mass is 16.1. The van der Waals surface area contributed by atoms with Crippen molar-refractivity contribution in [3.8, 4) is 11.1 Å². The van der Waals surface area contributed by atoms with Gasteiger partial charge in [-0.25, -0.2) is 0 Å². The highest BCUT2D eigenvalue weighted by Crippen LogP contribution is 2.25. The molecule has 19 heavy (non-hydrogen) atoms. The van der Waals surface area contributed by atoms with E-state index in [0.29, 0.717) is 5.92 Å². The topological polar surface area (TPSA) is 17.1 Å². The van der Waals surface area contributed by atoms with Crippen LogP contribution < -0.4 is 0 Å². The third-order valence-electron chi connectivity index (χ3n) is 3.31. The van der Waals surface area contributed by atoms with Crippen molar-refractivity contribution in [2.75, 3.05) is 0 Å². The van der Waals surface area contributed by atoms with Crippen LogP contribution in [-0.2, 0) is 6.42 Å². The molecule has 2 aromatic carbocycles. The van der Waals surface area contributed by atoms with Crippen molar-refractivity contribution in [1.82, 2.24) is 0 Å². The van der Waals surface area contributed by atoms with Gasteiger partial charge in [-0.2, -0.15) is 0 Å². The maximum atomic E-state index is 10.9. The molecular weight excluding hydrogens is 232 g/mol. The molecule has 0 saturated carbocycles. The van der Waals surface area contributed by atoms with Gasteiger partial charge < -0.3 is 0 Å². The molecule has 0 aliphatic heterocycles. The number of carbonyl (C=O) groups is 1. The Morgan fingerprint density at radius 2 is 1.74 bits per heavy atom. The first kappa shape index (κ1) is 13.5. The number of aryl methyl sites for hydroxylation is 1. The summed E-state index contributed by atoms with van der Waals surface area (Å²) in [6.45, 7) is 6.53. The normalized spacial score (nSPS) is 10.7. The first-order valence-corrected chi connectivity index (χ1v) is 6.75. The lowest BCUT2D eigenvalue weighted by Crippen LogP contribution is -1.94. The number of benzene rings is 2. The van der Waals surface area contributed by atoms with Gasteiger partial charge in [0.2, 0.25) is 0 Å². The smallest absolute Gasteiger partial charge is 0.150 e. The fraction of sp³-hybridized carbons (Fsp3) is 0.278. The molecule has 0 spiro atoms. The van der Waals surface area contributed by atoms with Crippen LogP contribution in [0.5, 0.6) is 0 Å². The summed E-state index contributed by atoms with van der Waals surface area (Å²) in [5.74, 6) is 0.672. The fourth-order valence-electron chi connectivity index (χ4n) is 2.32. The molecule has 0 amide bonds. The Balaban J connectivity index is 2.34. The minimum atomic E-state index is 0.672. The van der Waals surface area contributed by atoms with Crippen molar-refractivity contribution in [3.05, 3.63) is 59.2 Å². The largest absolute Gasteiger partial charge is 0.298 e. The molecule has 98 valence electrons. The van der Waals surface area contributed by atoms with Crippen LogP contribution in [0.25, 0.3) is 11.1 Å². The lowest BCUT2D eigenvalue weighted by Gasteiger charge is -2.09. The van der Waals surface area contributed by atoms with E-state index >= 15 is 0 Å². The molecule has 2 aromatic rings. The van der Waals surface area contributed by atoms with E-state index in [2.05, 4.69) is 45.0 Å². The first-order valence-electron chi connectivity index (χ1n) is 6.75. The monoisotopic (exact) mass is 252 g/mol. The van der Waals surface area contributed by atoms with Gasteiger partial charge >= 0.3 is 0 Å². The second-order valence-electron chi connectivity index (χ2n) is 5.49. The van der Waals surface area contributed by atoms with Crippen molar-refractivity contribution in [1.29, 1.82) is 0 Å². The van der Waals surface area contributed by atoms with Crippen LogP contribution in [0.15, 0.2) is 42.5 Å². The molecule has 0 bridgehead atoms. The molecule has 0 radical (unpaired) electrons. The second kappa shape index (κ2) is 5.83. The lowest BCUT2D eigenvalue weighted by molar-refractivity contribution is 0.112. The molecule has 0 aliphatic rings. The number of carbonyl (C=O) groups excluding carboxylic acids is 1. The minimum Gasteiger partial charge on any atom is -0.298 e. The van der Waals surface area contributed by atoms with Crippen LogP contribution >= 0.6 is 0 Å². The maximum Gasteiger partial charge on any atom is 0.150 e. The van der Waals surface area contributed by atoms with E-state index in [1.807, 2.05) is 18.2 Å². The molecule has 1 nitrogen and oxygen atoms in total. The summed E-state index contributed by atoms with van der Waals surface area (Å²) < 4.78 is 0. The average Bonchev–Trinajstić information content (AvgIpc) is 2.40. The Hall–Kier alpha value is -1.89. The lowest BCUT2D eigenvalue weighted by atomic mass is 9.96. The molecule has 0 aromatic heterocycles. The Morgan fingerprint density at radius 1 is 1.05 bits per heavy atom. The van der Waals surface area contributed by atoms with Gasteiger partial charge in [0.1, 0.15) is 6.29 Å². The van der Waals surface area contributed by atoms with Gasteiger partial charge in [0.25, 0.3) is 0 Å². The number of rotatable bonds is 4. The maximum absolute atomic E-state index is 10.9. The van der Waals surface area contributed by atoms with Crippen molar-refractivity contribution in [2.45, 2.75) is 27.2 Å². The van der Waals surface area contributed by atoms with Crippen LogP contribution in [-0.4, -0.2) is 6.29 Å². The Bertz CT molecular complexity index is 565. The van der Waals surface area contributed by atoms with Gasteiger partial charge in [0.05, 0.1) is 0 Å². The zero-order chi connectivity index (χ0) is 13.8. The summed E-state index contributed by atoms with van der Waals surface area (Å²) >= 11 is 0. The highest BCUT2D eigenvalue weighted by molar-refractivity contribution is 5.80. The van der Waals surface area contributed by atoms with Crippen LogP contribution in [0.1, 0.15) is 35.3 Å². The zero-order valence-corrected chi connectivity index (χ0v) is 11.8. The summed E-state index contributed by atoms with van der Waals surface area (Å²) in [7, 11) is 0. The van der Waals surface area contributed by atoms with Crippen molar-refractivity contribution >= 4 is 6.29 Å².